The summed E-state index contributed by atoms with van der Waals surface area (Å²) in [6.07, 6.45) is 1.66. The van der Waals surface area contributed by atoms with E-state index in [-0.39, 0.29) is 0 Å². The predicted octanol–water partition coefficient (Wildman–Crippen LogP) is 4.10. The molecule has 0 bridgehead atoms. The van der Waals surface area contributed by atoms with Crippen molar-refractivity contribution in [3.05, 3.63) is 40.5 Å². The molecule has 2 rings (SSSR count). The number of carbonyl (C=O) groups excluding carboxylic acids is 1. The van der Waals surface area contributed by atoms with E-state index in [1.54, 1.807) is 25.4 Å². The third kappa shape index (κ3) is 3.59. The lowest BCUT2D eigenvalue weighted by molar-refractivity contribution is 0.0600. The van der Waals surface area contributed by atoms with Gasteiger partial charge in [-0.05, 0) is 29.3 Å². The molecule has 0 unspecified atom stereocenters. The molecule has 1 aromatic carbocycles. The van der Waals surface area contributed by atoms with Gasteiger partial charge in [0.05, 0.1) is 31.9 Å². The Balaban J connectivity index is 2.57. The first-order chi connectivity index (χ1) is 11.0. The average Bonchev–Trinajstić information content (AvgIpc) is 2.59. The highest BCUT2D eigenvalue weighted by Crippen LogP contribution is 2.34. The Morgan fingerprint density at radius 1 is 1.17 bits per heavy atom. The Kier molecular flexibility index (Phi) is 5.85. The van der Waals surface area contributed by atoms with Crippen LogP contribution in [0.1, 0.15) is 15.9 Å². The number of ether oxygens (including phenoxy) is 3. The Bertz CT molecular complexity index is 736. The lowest BCUT2D eigenvalue weighted by Crippen LogP contribution is -2.06. The first-order valence-corrected chi connectivity index (χ1v) is 8.10. The van der Waals surface area contributed by atoms with Gasteiger partial charge in [0.2, 0.25) is 0 Å². The molecular formula is C16H15BrClNO4. The van der Waals surface area contributed by atoms with Crippen molar-refractivity contribution in [2.75, 3.05) is 21.3 Å². The van der Waals surface area contributed by atoms with E-state index < -0.39 is 5.97 Å². The molecule has 0 aliphatic rings. The van der Waals surface area contributed by atoms with Gasteiger partial charge in [0.15, 0.2) is 5.75 Å². The topological polar surface area (TPSA) is 57.7 Å². The predicted molar refractivity (Wildman–Crippen MR) is 91.8 cm³/mol. The molecule has 1 heterocycles. The molecule has 0 radical (unpaired) electrons. The van der Waals surface area contributed by atoms with Crippen molar-refractivity contribution in [3.63, 3.8) is 0 Å². The van der Waals surface area contributed by atoms with E-state index in [0.29, 0.717) is 27.5 Å². The van der Waals surface area contributed by atoms with E-state index in [1.165, 1.54) is 14.2 Å². The molecule has 122 valence electrons. The van der Waals surface area contributed by atoms with Crippen LogP contribution in [0.5, 0.6) is 11.6 Å². The zero-order valence-corrected chi connectivity index (χ0v) is 15.2. The maximum absolute atomic E-state index is 11.9. The maximum atomic E-state index is 11.9. The molecule has 0 fully saturated rings. The molecule has 0 spiro atoms. The van der Waals surface area contributed by atoms with Crippen molar-refractivity contribution in [2.24, 2.45) is 0 Å². The molecule has 0 atom stereocenters. The van der Waals surface area contributed by atoms with E-state index in [2.05, 4.69) is 20.9 Å². The first kappa shape index (κ1) is 17.6. The number of nitrogens with zero attached hydrogens (tertiary/aromatic N) is 1. The third-order valence-corrected chi connectivity index (χ3v) is 4.17. The van der Waals surface area contributed by atoms with Gasteiger partial charge in [0.1, 0.15) is 0 Å². The number of esters is 1. The number of carbonyl (C=O) groups is 1. The number of alkyl halides is 1. The third-order valence-electron chi connectivity index (χ3n) is 3.27. The quantitative estimate of drug-likeness (QED) is 0.558. The number of halogens is 2. The second kappa shape index (κ2) is 7.66. The van der Waals surface area contributed by atoms with Gasteiger partial charge in [0, 0.05) is 17.1 Å². The van der Waals surface area contributed by atoms with Crippen LogP contribution in [0.25, 0.3) is 11.1 Å². The molecule has 0 N–H and O–H groups in total. The van der Waals surface area contributed by atoms with E-state index in [1.807, 2.05) is 6.07 Å². The number of aromatic nitrogens is 1. The van der Waals surface area contributed by atoms with Gasteiger partial charge in [-0.3, -0.25) is 0 Å². The smallest absolute Gasteiger partial charge is 0.339 e. The van der Waals surface area contributed by atoms with Crippen molar-refractivity contribution in [2.45, 2.75) is 5.33 Å². The van der Waals surface area contributed by atoms with Crippen molar-refractivity contribution in [1.29, 1.82) is 0 Å². The number of benzene rings is 1. The van der Waals surface area contributed by atoms with Gasteiger partial charge in [-0.15, -0.1) is 0 Å². The molecule has 2 aromatic rings. The number of hydrogen-bond donors (Lipinski definition) is 0. The fourth-order valence-corrected chi connectivity index (χ4v) is 2.91. The lowest BCUT2D eigenvalue weighted by atomic mass is 10.0. The van der Waals surface area contributed by atoms with Crippen LogP contribution in [-0.2, 0) is 10.1 Å². The van der Waals surface area contributed by atoms with E-state index in [4.69, 9.17) is 25.8 Å². The van der Waals surface area contributed by atoms with E-state index >= 15 is 0 Å². The van der Waals surface area contributed by atoms with Gasteiger partial charge >= 0.3 is 5.97 Å². The second-order valence-electron chi connectivity index (χ2n) is 4.55. The highest BCUT2D eigenvalue weighted by Gasteiger charge is 2.18. The second-order valence-corrected chi connectivity index (χ2v) is 5.52. The van der Waals surface area contributed by atoms with Crippen LogP contribution in [0.15, 0.2) is 24.4 Å². The minimum atomic E-state index is -0.471. The van der Waals surface area contributed by atoms with Gasteiger partial charge in [-0.2, -0.15) is 0 Å². The van der Waals surface area contributed by atoms with Gasteiger partial charge in [-0.25, -0.2) is 9.78 Å². The van der Waals surface area contributed by atoms with E-state index in [9.17, 15) is 4.79 Å². The first-order valence-electron chi connectivity index (χ1n) is 6.60. The van der Waals surface area contributed by atoms with E-state index in [0.717, 1.165) is 16.7 Å². The van der Waals surface area contributed by atoms with Crippen LogP contribution in [0.2, 0.25) is 5.02 Å². The summed E-state index contributed by atoms with van der Waals surface area (Å²) in [5.41, 5.74) is 2.69. The standard InChI is InChI=1S/C16H15BrClNO4/c1-21-13-6-11(8-19-15(13)22-2)9-4-10(7-17)14(12(18)5-9)16(20)23-3/h4-6,8H,7H2,1-3H3. The minimum absolute atomic E-state index is 0.318. The highest BCUT2D eigenvalue weighted by atomic mass is 79.9. The van der Waals surface area contributed by atoms with Crippen molar-refractivity contribution >= 4 is 33.5 Å². The van der Waals surface area contributed by atoms with Crippen LogP contribution in [0.3, 0.4) is 0 Å². The number of rotatable bonds is 5. The molecule has 0 saturated heterocycles. The molecule has 7 heteroatoms. The molecule has 1 aromatic heterocycles. The summed E-state index contributed by atoms with van der Waals surface area (Å²) in [5.74, 6) is 0.439. The average molecular weight is 401 g/mol. The summed E-state index contributed by atoms with van der Waals surface area (Å²) >= 11 is 9.64. The molecule has 5 nitrogen and oxygen atoms in total. The van der Waals surface area contributed by atoms with Crippen LogP contribution >= 0.6 is 27.5 Å². The maximum Gasteiger partial charge on any atom is 0.339 e. The Labute approximate surface area is 147 Å². The molecule has 0 saturated carbocycles. The summed E-state index contributed by atoms with van der Waals surface area (Å²) < 4.78 is 15.2. The Morgan fingerprint density at radius 2 is 1.91 bits per heavy atom. The van der Waals surface area contributed by atoms with Crippen molar-refractivity contribution < 1.29 is 19.0 Å². The Hall–Kier alpha value is -1.79. The number of methoxy groups -OCH3 is 3. The van der Waals surface area contributed by atoms with Gasteiger partial charge < -0.3 is 14.2 Å². The normalized spacial score (nSPS) is 10.3. The molecule has 23 heavy (non-hydrogen) atoms. The van der Waals surface area contributed by atoms with Crippen molar-refractivity contribution in [3.8, 4) is 22.8 Å². The minimum Gasteiger partial charge on any atom is -0.491 e. The summed E-state index contributed by atoms with van der Waals surface area (Å²) in [6.45, 7) is 0. The zero-order chi connectivity index (χ0) is 17.0. The Morgan fingerprint density at radius 3 is 2.48 bits per heavy atom. The summed E-state index contributed by atoms with van der Waals surface area (Å²) in [6, 6.07) is 5.35. The van der Waals surface area contributed by atoms with Crippen LogP contribution in [0.4, 0.5) is 0 Å². The SMILES string of the molecule is COC(=O)c1c(Cl)cc(-c2cnc(OC)c(OC)c2)cc1CBr. The highest BCUT2D eigenvalue weighted by molar-refractivity contribution is 9.08. The fraction of sp³-hybridized carbons (Fsp3) is 0.250. The molecular weight excluding hydrogens is 386 g/mol. The van der Waals surface area contributed by atoms with Crippen LogP contribution in [-0.4, -0.2) is 32.3 Å². The van der Waals surface area contributed by atoms with Crippen LogP contribution < -0.4 is 9.47 Å². The largest absolute Gasteiger partial charge is 0.491 e. The van der Waals surface area contributed by atoms with Gasteiger partial charge in [0.25, 0.3) is 5.88 Å². The van der Waals surface area contributed by atoms with Gasteiger partial charge in [-0.1, -0.05) is 27.5 Å². The molecule has 0 amide bonds. The number of hydrogen-bond acceptors (Lipinski definition) is 5. The van der Waals surface area contributed by atoms with Crippen LogP contribution in [0, 0.1) is 0 Å². The lowest BCUT2D eigenvalue weighted by Gasteiger charge is -2.12. The fourth-order valence-electron chi connectivity index (χ4n) is 2.16. The van der Waals surface area contributed by atoms with Crippen molar-refractivity contribution in [1.82, 2.24) is 4.98 Å². The monoisotopic (exact) mass is 399 g/mol. The zero-order valence-electron chi connectivity index (χ0n) is 12.9. The molecule has 0 aliphatic carbocycles. The summed E-state index contributed by atoms with van der Waals surface area (Å²) in [4.78, 5) is 16.1. The molecule has 0 aliphatic heterocycles. The summed E-state index contributed by atoms with van der Waals surface area (Å²) in [7, 11) is 4.39. The number of pyridine rings is 1. The summed E-state index contributed by atoms with van der Waals surface area (Å²) in [5, 5.41) is 0.782.